The van der Waals surface area contributed by atoms with Crippen LogP contribution < -0.4 is 10.0 Å². The lowest BCUT2D eigenvalue weighted by Gasteiger charge is -2.08. The Balaban J connectivity index is 1.45. The third kappa shape index (κ3) is 6.15. The maximum Gasteiger partial charge on any atom is 0.321 e. The summed E-state index contributed by atoms with van der Waals surface area (Å²) >= 11 is 0. The van der Waals surface area contributed by atoms with Crippen LogP contribution in [0.5, 0.6) is 0 Å². The van der Waals surface area contributed by atoms with E-state index >= 15 is 0 Å². The maximum atomic E-state index is 12.5. The van der Waals surface area contributed by atoms with Gasteiger partial charge in [0.25, 0.3) is 5.91 Å². The third-order valence-corrected chi connectivity index (χ3v) is 6.89. The van der Waals surface area contributed by atoms with Crippen LogP contribution in [-0.2, 0) is 24.3 Å². The molecule has 4 rings (SSSR count). The van der Waals surface area contributed by atoms with E-state index in [-0.39, 0.29) is 16.3 Å². The Morgan fingerprint density at radius 3 is 2.13 bits per heavy atom. The van der Waals surface area contributed by atoms with Crippen molar-refractivity contribution in [2.24, 2.45) is 0 Å². The maximum absolute atomic E-state index is 12.5. The molecule has 0 saturated carbocycles. The second kappa shape index (κ2) is 11.6. The number of carbonyl (C=O) groups excluding carboxylic acids is 2. The molecule has 0 fully saturated rings. The smallest absolute Gasteiger partial charge is 0.321 e. The van der Waals surface area contributed by atoms with Gasteiger partial charge in [-0.2, -0.15) is 9.98 Å². The topological polar surface area (TPSA) is 138 Å². The molecule has 0 bridgehead atoms. The molecule has 0 spiro atoms. The van der Waals surface area contributed by atoms with Crippen LogP contribution in [0.15, 0.2) is 94.2 Å². The average Bonchev–Trinajstić information content (AvgIpc) is 3.30. The minimum atomic E-state index is -3.93. The van der Waals surface area contributed by atoms with Gasteiger partial charge in [0, 0.05) is 11.1 Å². The summed E-state index contributed by atoms with van der Waals surface area (Å²) in [5, 5.41) is 12.4. The van der Waals surface area contributed by atoms with Crippen LogP contribution in [0.3, 0.4) is 0 Å². The van der Waals surface area contributed by atoms with Crippen molar-refractivity contribution in [2.45, 2.75) is 11.8 Å². The van der Waals surface area contributed by atoms with E-state index < -0.39 is 35.1 Å². The van der Waals surface area contributed by atoms with Crippen LogP contribution in [0, 0.1) is 18.3 Å². The number of esters is 1. The zero-order valence-corrected chi connectivity index (χ0v) is 21.1. The molecule has 1 heterocycles. The zero-order valence-electron chi connectivity index (χ0n) is 20.3. The molecule has 0 aliphatic heterocycles. The predicted molar refractivity (Wildman–Crippen MR) is 140 cm³/mol. The van der Waals surface area contributed by atoms with Gasteiger partial charge in [-0.25, -0.2) is 8.42 Å². The first-order chi connectivity index (χ1) is 18.3. The Bertz CT molecular complexity index is 1590. The van der Waals surface area contributed by atoms with Crippen molar-refractivity contribution in [3.05, 3.63) is 96.1 Å². The molecule has 10 heteroatoms. The van der Waals surface area contributed by atoms with E-state index in [1.54, 1.807) is 12.1 Å². The minimum absolute atomic E-state index is 0.000985. The van der Waals surface area contributed by atoms with E-state index in [4.69, 9.17) is 9.15 Å². The average molecular weight is 530 g/mol. The molecule has 0 aliphatic carbocycles. The van der Waals surface area contributed by atoms with Crippen molar-refractivity contribution >= 4 is 27.8 Å². The van der Waals surface area contributed by atoms with E-state index in [1.807, 2.05) is 67.6 Å². The number of hydrogen-bond donors (Lipinski definition) is 2. The number of nitrogens with one attached hydrogen (secondary N) is 2. The molecule has 0 radical (unpaired) electrons. The van der Waals surface area contributed by atoms with Crippen molar-refractivity contribution in [3.8, 4) is 28.5 Å². The summed E-state index contributed by atoms with van der Waals surface area (Å²) < 4.78 is 37.6. The number of benzene rings is 3. The van der Waals surface area contributed by atoms with Gasteiger partial charge in [-0.3, -0.25) is 14.9 Å². The fourth-order valence-electron chi connectivity index (χ4n) is 3.61. The van der Waals surface area contributed by atoms with Crippen LogP contribution in [0.25, 0.3) is 22.5 Å². The standard InChI is InChI=1S/C28H23N3O6S/c1-19-12-14-22(15-13-19)38(34,35)30-17-25(33)36-18-24(32)31-28-23(16-29)26(20-8-4-2-5-9-20)27(37-28)21-10-6-3-7-11-21/h2-15,30H,17-18H2,1H3,(H,31,32). The number of aryl methyl sites for hydroxylation is 1. The van der Waals surface area contributed by atoms with Crippen LogP contribution in [0.2, 0.25) is 0 Å². The molecule has 0 unspecified atom stereocenters. The quantitative estimate of drug-likeness (QED) is 0.309. The van der Waals surface area contributed by atoms with E-state index in [0.717, 1.165) is 11.1 Å². The summed E-state index contributed by atoms with van der Waals surface area (Å²) in [6.07, 6.45) is 0. The molecule has 3 aromatic carbocycles. The second-order valence-corrected chi connectivity index (χ2v) is 9.97. The van der Waals surface area contributed by atoms with Gasteiger partial charge in [-0.1, -0.05) is 78.4 Å². The highest BCUT2D eigenvalue weighted by Crippen LogP contribution is 2.41. The summed E-state index contributed by atoms with van der Waals surface area (Å²) in [7, 11) is -3.93. The van der Waals surface area contributed by atoms with Gasteiger partial charge in [0.2, 0.25) is 15.9 Å². The fraction of sp³-hybridized carbons (Fsp3) is 0.107. The van der Waals surface area contributed by atoms with Gasteiger partial charge < -0.3 is 9.15 Å². The van der Waals surface area contributed by atoms with Crippen molar-refractivity contribution in [1.29, 1.82) is 5.26 Å². The highest BCUT2D eigenvalue weighted by molar-refractivity contribution is 7.89. The van der Waals surface area contributed by atoms with Crippen molar-refractivity contribution in [3.63, 3.8) is 0 Å². The monoisotopic (exact) mass is 529 g/mol. The van der Waals surface area contributed by atoms with Crippen molar-refractivity contribution in [1.82, 2.24) is 4.72 Å². The Morgan fingerprint density at radius 1 is 0.921 bits per heavy atom. The molecule has 1 amide bonds. The number of amides is 1. The lowest BCUT2D eigenvalue weighted by atomic mass is 9.98. The first-order valence-corrected chi connectivity index (χ1v) is 13.0. The third-order valence-electron chi connectivity index (χ3n) is 5.47. The van der Waals surface area contributed by atoms with Crippen LogP contribution in [0.1, 0.15) is 11.1 Å². The molecule has 9 nitrogen and oxygen atoms in total. The number of ether oxygens (including phenoxy) is 1. The molecule has 38 heavy (non-hydrogen) atoms. The number of hydrogen-bond acceptors (Lipinski definition) is 7. The Hall–Kier alpha value is -4.72. The lowest BCUT2D eigenvalue weighted by molar-refractivity contribution is -0.146. The highest BCUT2D eigenvalue weighted by atomic mass is 32.2. The minimum Gasteiger partial charge on any atom is -0.455 e. The Morgan fingerprint density at radius 2 is 1.53 bits per heavy atom. The van der Waals surface area contributed by atoms with Gasteiger partial charge in [-0.05, 0) is 24.6 Å². The van der Waals surface area contributed by atoms with Gasteiger partial charge in [-0.15, -0.1) is 0 Å². The predicted octanol–water partition coefficient (Wildman–Crippen LogP) is 4.25. The van der Waals surface area contributed by atoms with Gasteiger partial charge in [0.05, 0.1) is 4.90 Å². The zero-order chi connectivity index (χ0) is 27.1. The first kappa shape index (κ1) is 26.3. The van der Waals surface area contributed by atoms with E-state index in [9.17, 15) is 23.3 Å². The number of anilines is 1. The normalized spacial score (nSPS) is 10.9. The highest BCUT2D eigenvalue weighted by Gasteiger charge is 2.24. The van der Waals surface area contributed by atoms with Crippen molar-refractivity contribution < 1.29 is 27.2 Å². The van der Waals surface area contributed by atoms with Crippen LogP contribution in [-0.4, -0.2) is 33.4 Å². The Kier molecular flexibility index (Phi) is 8.01. The Labute approximate surface area is 219 Å². The number of rotatable bonds is 9. The largest absolute Gasteiger partial charge is 0.455 e. The second-order valence-electron chi connectivity index (χ2n) is 8.20. The SMILES string of the molecule is Cc1ccc(S(=O)(=O)NCC(=O)OCC(=O)Nc2oc(-c3ccccc3)c(-c3ccccc3)c2C#N)cc1. The molecule has 1 aromatic heterocycles. The molecular weight excluding hydrogens is 506 g/mol. The van der Waals surface area contributed by atoms with Crippen molar-refractivity contribution in [2.75, 3.05) is 18.5 Å². The van der Waals surface area contributed by atoms with Gasteiger partial charge in [0.1, 0.15) is 23.9 Å². The van der Waals surface area contributed by atoms with E-state index in [2.05, 4.69) is 16.1 Å². The number of furan rings is 1. The molecule has 0 saturated heterocycles. The summed E-state index contributed by atoms with van der Waals surface area (Å²) in [4.78, 5) is 24.6. The lowest BCUT2D eigenvalue weighted by Crippen LogP contribution is -2.32. The molecule has 4 aromatic rings. The summed E-state index contributed by atoms with van der Waals surface area (Å²) in [6.45, 7) is 0.446. The summed E-state index contributed by atoms with van der Waals surface area (Å²) in [5.74, 6) is -1.41. The number of sulfonamides is 1. The number of nitrogens with zero attached hydrogens (tertiary/aromatic N) is 1. The van der Waals surface area contributed by atoms with Crippen LogP contribution in [0.4, 0.5) is 5.88 Å². The summed E-state index contributed by atoms with van der Waals surface area (Å²) in [6, 6.07) is 26.4. The molecule has 2 N–H and O–H groups in total. The van der Waals surface area contributed by atoms with Gasteiger partial charge in [0.15, 0.2) is 6.61 Å². The molecule has 192 valence electrons. The van der Waals surface area contributed by atoms with Crippen LogP contribution >= 0.6 is 0 Å². The first-order valence-electron chi connectivity index (χ1n) is 11.5. The number of carbonyl (C=O) groups is 2. The van der Waals surface area contributed by atoms with E-state index in [0.29, 0.717) is 16.9 Å². The fourth-order valence-corrected chi connectivity index (χ4v) is 4.58. The molecular formula is C28H23N3O6S. The summed E-state index contributed by atoms with van der Waals surface area (Å²) in [5.41, 5.74) is 2.94. The van der Waals surface area contributed by atoms with Gasteiger partial charge >= 0.3 is 5.97 Å². The molecule has 0 atom stereocenters. The number of nitriles is 1. The van der Waals surface area contributed by atoms with E-state index in [1.165, 1.54) is 12.1 Å². The molecule has 0 aliphatic rings.